The Morgan fingerprint density at radius 1 is 0.857 bits per heavy atom. The van der Waals surface area contributed by atoms with Gasteiger partial charge in [0.05, 0.1) is 46.1 Å². The second kappa shape index (κ2) is 16.0. The third-order valence-corrected chi connectivity index (χ3v) is 6.64. The minimum atomic E-state index is -4.62. The Balaban J connectivity index is 0.000000255. The summed E-state index contributed by atoms with van der Waals surface area (Å²) in [6.07, 6.45) is 3.37. The molecule has 0 aliphatic heterocycles. The van der Waals surface area contributed by atoms with Crippen molar-refractivity contribution in [2.45, 2.75) is 13.1 Å². The van der Waals surface area contributed by atoms with Crippen LogP contribution in [0.25, 0.3) is 0 Å². The van der Waals surface area contributed by atoms with E-state index in [4.69, 9.17) is 28.9 Å². The number of nitrogen functional groups attached to an aromatic ring is 1. The molecule has 0 aliphatic rings. The average Bonchev–Trinajstić information content (AvgIpc) is 2.95. The fourth-order valence-electron chi connectivity index (χ4n) is 2.95. The first kappa shape index (κ1) is 34.4. The van der Waals surface area contributed by atoms with E-state index in [0.29, 0.717) is 22.6 Å². The number of nitrogens with zero attached hydrogens (tertiary/aromatic N) is 4. The van der Waals surface area contributed by atoms with Crippen molar-refractivity contribution in [2.75, 3.05) is 25.1 Å². The fourth-order valence-corrected chi connectivity index (χ4v) is 3.89. The van der Waals surface area contributed by atoms with Gasteiger partial charge in [-0.2, -0.15) is 13.2 Å². The number of hydrogen-bond acceptors (Lipinski definition) is 8. The summed E-state index contributed by atoms with van der Waals surface area (Å²) in [6.45, 7) is 2.01. The summed E-state index contributed by atoms with van der Waals surface area (Å²) in [5, 5.41) is 7.86. The minimum absolute atomic E-state index is 0.110. The molecule has 4 aromatic heterocycles. The van der Waals surface area contributed by atoms with Crippen LogP contribution in [0, 0.1) is 10.5 Å². The molecule has 4 heterocycles. The second-order valence-electron chi connectivity index (χ2n) is 7.97. The van der Waals surface area contributed by atoms with Crippen LogP contribution in [0.1, 0.15) is 31.8 Å². The maximum Gasteiger partial charge on any atom is 0.419 e. The molecule has 222 valence electrons. The predicted octanol–water partition coefficient (Wildman–Crippen LogP) is 5.92. The number of nitrogens with one attached hydrogen (secondary N) is 3. The molecule has 16 heteroatoms. The molecule has 0 saturated carbocycles. The number of aromatic nitrogens is 4. The second-order valence-corrected chi connectivity index (χ2v) is 9.91. The standard InChI is InChI=1S/C13H10ClF3N4O.C7H9N3O.C6H5ClIN/c1-18-12(22)7-2-3-19-6-10(7)21-9-4-11(14)20-5-8(9)13(15,16)17;1-9-7(11)5-2-3-10-4-6(5)8;1-4-3-9-6(7)2-5(4)8/h2-6H,1H3,(H,18,22)(H,20,21);2-4H,8H2,1H3,(H,9,11);2-3H,1H3. The van der Waals surface area contributed by atoms with Crippen LogP contribution in [0.4, 0.5) is 30.2 Å². The van der Waals surface area contributed by atoms with E-state index in [-0.39, 0.29) is 28.0 Å². The van der Waals surface area contributed by atoms with Gasteiger partial charge in [-0.3, -0.25) is 19.6 Å². The van der Waals surface area contributed by atoms with Crippen LogP contribution in [0.5, 0.6) is 0 Å². The molecule has 5 N–H and O–H groups in total. The number of carbonyl (C=O) groups excluding carboxylic acids is 2. The van der Waals surface area contributed by atoms with Crippen molar-refractivity contribution in [3.05, 3.63) is 97.6 Å². The fraction of sp³-hybridized carbons (Fsp3) is 0.154. The van der Waals surface area contributed by atoms with Crippen molar-refractivity contribution in [3.63, 3.8) is 0 Å². The molecular weight excluding hydrogens is 711 g/mol. The van der Waals surface area contributed by atoms with E-state index in [1.165, 1.54) is 43.5 Å². The van der Waals surface area contributed by atoms with Crippen molar-refractivity contribution in [3.8, 4) is 0 Å². The lowest BCUT2D eigenvalue weighted by molar-refractivity contribution is -0.137. The Bertz CT molecular complexity index is 1540. The Hall–Kier alpha value is -3.76. The smallest absolute Gasteiger partial charge is 0.397 e. The van der Waals surface area contributed by atoms with E-state index in [9.17, 15) is 22.8 Å². The SMILES string of the molecule is CNC(=O)c1ccncc1N.CNC(=O)c1ccncc1Nc1cc(Cl)ncc1C(F)(F)F.Cc1cnc(Cl)cc1I. The monoisotopic (exact) mass is 734 g/mol. The third kappa shape index (κ3) is 10.3. The lowest BCUT2D eigenvalue weighted by Crippen LogP contribution is -2.19. The average molecular weight is 735 g/mol. The van der Waals surface area contributed by atoms with Gasteiger partial charge in [0, 0.05) is 42.5 Å². The topological polar surface area (TPSA) is 148 Å². The number of halogens is 6. The highest BCUT2D eigenvalue weighted by Crippen LogP contribution is 2.37. The Kier molecular flexibility index (Phi) is 13.1. The molecule has 0 atom stereocenters. The van der Waals surface area contributed by atoms with E-state index in [1.807, 2.05) is 13.0 Å². The summed E-state index contributed by atoms with van der Waals surface area (Å²) in [5.41, 5.74) is 6.46. The molecule has 4 aromatic rings. The summed E-state index contributed by atoms with van der Waals surface area (Å²) in [7, 11) is 2.97. The van der Waals surface area contributed by atoms with Gasteiger partial charge in [0.25, 0.3) is 11.8 Å². The van der Waals surface area contributed by atoms with Crippen LogP contribution in [-0.4, -0.2) is 45.8 Å². The lowest BCUT2D eigenvalue weighted by atomic mass is 10.1. The first-order chi connectivity index (χ1) is 19.8. The maximum atomic E-state index is 13.0. The maximum absolute atomic E-state index is 13.0. The molecule has 4 rings (SSSR count). The molecule has 0 spiro atoms. The zero-order valence-corrected chi connectivity index (χ0v) is 25.9. The molecule has 0 aliphatic carbocycles. The van der Waals surface area contributed by atoms with Gasteiger partial charge < -0.3 is 21.7 Å². The van der Waals surface area contributed by atoms with Crippen molar-refractivity contribution in [1.82, 2.24) is 30.6 Å². The zero-order chi connectivity index (χ0) is 31.4. The van der Waals surface area contributed by atoms with Gasteiger partial charge in [-0.25, -0.2) is 9.97 Å². The van der Waals surface area contributed by atoms with Gasteiger partial charge >= 0.3 is 6.18 Å². The number of pyridine rings is 4. The molecule has 0 bridgehead atoms. The molecule has 0 aromatic carbocycles. The predicted molar refractivity (Wildman–Crippen MR) is 164 cm³/mol. The van der Waals surface area contributed by atoms with E-state index in [1.54, 1.807) is 19.3 Å². The van der Waals surface area contributed by atoms with Crippen LogP contribution in [-0.2, 0) is 6.18 Å². The molecular formula is C26H24Cl2F3IN8O2. The minimum Gasteiger partial charge on any atom is -0.397 e. The lowest BCUT2D eigenvalue weighted by Gasteiger charge is -2.15. The van der Waals surface area contributed by atoms with Gasteiger partial charge in [-0.1, -0.05) is 23.2 Å². The van der Waals surface area contributed by atoms with E-state index in [0.717, 1.165) is 9.64 Å². The van der Waals surface area contributed by atoms with Crippen LogP contribution < -0.4 is 21.7 Å². The number of anilines is 3. The Morgan fingerprint density at radius 3 is 1.95 bits per heavy atom. The molecule has 2 amide bonds. The molecule has 42 heavy (non-hydrogen) atoms. The highest BCUT2D eigenvalue weighted by Gasteiger charge is 2.34. The number of nitrogens with two attached hydrogens (primary N) is 1. The van der Waals surface area contributed by atoms with Gasteiger partial charge in [0.15, 0.2) is 0 Å². The van der Waals surface area contributed by atoms with E-state index < -0.39 is 17.6 Å². The molecule has 0 saturated heterocycles. The van der Waals surface area contributed by atoms with Crippen molar-refractivity contribution < 1.29 is 22.8 Å². The molecule has 10 nitrogen and oxygen atoms in total. The van der Waals surface area contributed by atoms with Crippen molar-refractivity contribution >= 4 is 74.7 Å². The van der Waals surface area contributed by atoms with Gasteiger partial charge in [-0.15, -0.1) is 0 Å². The van der Waals surface area contributed by atoms with Crippen LogP contribution in [0.15, 0.2) is 61.4 Å². The molecule has 0 radical (unpaired) electrons. The van der Waals surface area contributed by atoms with Crippen LogP contribution >= 0.6 is 45.8 Å². The third-order valence-electron chi connectivity index (χ3n) is 5.07. The number of amides is 2. The number of aryl methyl sites for hydroxylation is 1. The van der Waals surface area contributed by atoms with Gasteiger partial charge in [0.1, 0.15) is 10.3 Å². The zero-order valence-electron chi connectivity index (χ0n) is 22.2. The summed E-state index contributed by atoms with van der Waals surface area (Å²) < 4.78 is 40.1. The number of hydrogen-bond donors (Lipinski definition) is 4. The summed E-state index contributed by atoms with van der Waals surface area (Å²) >= 11 is 13.5. The largest absolute Gasteiger partial charge is 0.419 e. The first-order valence-electron chi connectivity index (χ1n) is 11.6. The highest BCUT2D eigenvalue weighted by molar-refractivity contribution is 14.1. The molecule has 0 fully saturated rings. The highest BCUT2D eigenvalue weighted by atomic mass is 127. The number of alkyl halides is 3. The van der Waals surface area contributed by atoms with Crippen LogP contribution in [0.3, 0.4) is 0 Å². The van der Waals surface area contributed by atoms with Gasteiger partial charge in [0.2, 0.25) is 0 Å². The molecule has 0 unspecified atom stereocenters. The summed E-state index contributed by atoms with van der Waals surface area (Å²) in [5.74, 6) is -0.650. The number of carbonyl (C=O) groups is 2. The van der Waals surface area contributed by atoms with E-state index in [2.05, 4.69) is 58.5 Å². The Morgan fingerprint density at radius 2 is 1.40 bits per heavy atom. The van der Waals surface area contributed by atoms with Crippen molar-refractivity contribution in [1.29, 1.82) is 0 Å². The van der Waals surface area contributed by atoms with Crippen LogP contribution in [0.2, 0.25) is 10.3 Å². The van der Waals surface area contributed by atoms with Gasteiger partial charge in [-0.05, 0) is 59.3 Å². The quantitative estimate of drug-likeness (QED) is 0.149. The van der Waals surface area contributed by atoms with E-state index >= 15 is 0 Å². The Labute approximate surface area is 262 Å². The summed E-state index contributed by atoms with van der Waals surface area (Å²) in [6, 6.07) is 5.84. The summed E-state index contributed by atoms with van der Waals surface area (Å²) in [4.78, 5) is 37.6. The normalized spacial score (nSPS) is 10.3. The van der Waals surface area contributed by atoms with Crippen molar-refractivity contribution in [2.24, 2.45) is 0 Å². The first-order valence-corrected chi connectivity index (χ1v) is 13.5. The number of rotatable bonds is 4.